The van der Waals surface area contributed by atoms with Crippen LogP contribution in [0, 0.1) is 12.8 Å². The van der Waals surface area contributed by atoms with Gasteiger partial charge in [0.05, 0.1) is 5.92 Å². The van der Waals surface area contributed by atoms with Crippen molar-refractivity contribution in [2.45, 2.75) is 19.4 Å². The summed E-state index contributed by atoms with van der Waals surface area (Å²) in [4.78, 5) is 20.6. The molecule has 0 unspecified atom stereocenters. The van der Waals surface area contributed by atoms with Gasteiger partial charge >= 0.3 is 0 Å². The van der Waals surface area contributed by atoms with Gasteiger partial charge in [0.2, 0.25) is 0 Å². The molecule has 0 spiro atoms. The van der Waals surface area contributed by atoms with Gasteiger partial charge in [-0.3, -0.25) is 9.69 Å². The molecular formula is C21H23N3O2. The number of hydrogen-bond donors (Lipinski definition) is 1. The van der Waals surface area contributed by atoms with Crippen molar-refractivity contribution < 1.29 is 9.63 Å². The third-order valence-electron chi connectivity index (χ3n) is 5.16. The van der Waals surface area contributed by atoms with Crippen LogP contribution in [0.1, 0.15) is 11.1 Å². The van der Waals surface area contributed by atoms with Gasteiger partial charge in [0.15, 0.2) is 5.71 Å². The largest absolute Gasteiger partial charge is 0.390 e. The number of aryl methyl sites for hydroxylation is 1. The van der Waals surface area contributed by atoms with Gasteiger partial charge in [0, 0.05) is 25.3 Å². The van der Waals surface area contributed by atoms with Gasteiger partial charge in [-0.05, 0) is 30.5 Å². The number of nitrogens with zero attached hydrogens (tertiary/aromatic N) is 2. The Morgan fingerprint density at radius 2 is 1.92 bits per heavy atom. The summed E-state index contributed by atoms with van der Waals surface area (Å²) >= 11 is 0. The number of para-hydroxylation sites is 1. The number of hydrogen-bond acceptors (Lipinski definition) is 4. The fraction of sp³-hybridized carbons (Fsp3) is 0.333. The average Bonchev–Trinajstić information content (AvgIpc) is 3.23. The summed E-state index contributed by atoms with van der Waals surface area (Å²) in [6, 6.07) is 18.2. The zero-order valence-corrected chi connectivity index (χ0v) is 14.9. The average molecular weight is 349 g/mol. The number of anilines is 1. The Balaban J connectivity index is 1.35. The highest BCUT2D eigenvalue weighted by Crippen LogP contribution is 2.28. The molecule has 2 aliphatic rings. The summed E-state index contributed by atoms with van der Waals surface area (Å²) in [6.45, 7) is 4.58. The summed E-state index contributed by atoms with van der Waals surface area (Å²) in [7, 11) is 0. The molecule has 2 aliphatic heterocycles. The van der Waals surface area contributed by atoms with E-state index in [-0.39, 0.29) is 17.9 Å². The Labute approximate surface area is 153 Å². The minimum atomic E-state index is -0.156. The van der Waals surface area contributed by atoms with Crippen LogP contribution < -0.4 is 5.32 Å². The lowest BCUT2D eigenvalue weighted by Gasteiger charge is -2.16. The molecule has 2 aromatic rings. The maximum Gasteiger partial charge on any atom is 0.273 e. The lowest BCUT2D eigenvalue weighted by molar-refractivity contribution is -0.110. The highest BCUT2D eigenvalue weighted by molar-refractivity contribution is 6.44. The Kier molecular flexibility index (Phi) is 4.71. The normalized spacial score (nSPS) is 21.8. The Hall–Kier alpha value is -2.66. The fourth-order valence-corrected chi connectivity index (χ4v) is 3.64. The van der Waals surface area contributed by atoms with E-state index in [0.29, 0.717) is 5.71 Å². The second kappa shape index (κ2) is 7.30. The summed E-state index contributed by atoms with van der Waals surface area (Å²) in [5, 5.41) is 7.05. The number of rotatable bonds is 5. The molecule has 0 aliphatic carbocycles. The van der Waals surface area contributed by atoms with Gasteiger partial charge in [0.1, 0.15) is 6.10 Å². The van der Waals surface area contributed by atoms with Gasteiger partial charge in [-0.2, -0.15) is 0 Å². The van der Waals surface area contributed by atoms with Crippen molar-refractivity contribution in [3.8, 4) is 0 Å². The van der Waals surface area contributed by atoms with Crippen LogP contribution in [-0.2, 0) is 16.1 Å². The van der Waals surface area contributed by atoms with Crippen molar-refractivity contribution in [1.29, 1.82) is 0 Å². The van der Waals surface area contributed by atoms with Crippen LogP contribution in [0.15, 0.2) is 59.8 Å². The molecule has 0 radical (unpaired) electrons. The molecule has 5 heteroatoms. The monoisotopic (exact) mass is 349 g/mol. The lowest BCUT2D eigenvalue weighted by atomic mass is 10.00. The number of nitrogens with one attached hydrogen (secondary N) is 1. The molecule has 0 bridgehead atoms. The van der Waals surface area contributed by atoms with E-state index in [1.807, 2.05) is 37.3 Å². The molecule has 0 aromatic heterocycles. The first-order valence-electron chi connectivity index (χ1n) is 9.07. The zero-order chi connectivity index (χ0) is 17.9. The van der Waals surface area contributed by atoms with Crippen molar-refractivity contribution in [1.82, 2.24) is 4.90 Å². The lowest BCUT2D eigenvalue weighted by Crippen LogP contribution is -2.32. The highest BCUT2D eigenvalue weighted by atomic mass is 16.6. The second-order valence-electron chi connectivity index (χ2n) is 6.99. The molecule has 1 fully saturated rings. The van der Waals surface area contributed by atoms with Gasteiger partial charge in [-0.1, -0.05) is 53.7 Å². The fourth-order valence-electron chi connectivity index (χ4n) is 3.64. The number of oxime groups is 1. The predicted molar refractivity (Wildman–Crippen MR) is 102 cm³/mol. The molecule has 4 rings (SSSR count). The number of benzene rings is 2. The van der Waals surface area contributed by atoms with Crippen LogP contribution in [0.5, 0.6) is 0 Å². The molecular weight excluding hydrogens is 326 g/mol. The standard InChI is InChI=1S/C21H23N3O2/c1-15-7-5-6-10-18(15)22-21(25)20-17-13-24(14-19(17)26-23-20)12-11-16-8-3-2-4-9-16/h2-10,17,19H,11-14H2,1H3,(H,22,25)/t17-,19+/m0/s1. The van der Waals surface area contributed by atoms with E-state index in [1.54, 1.807) is 0 Å². The van der Waals surface area contributed by atoms with Crippen molar-refractivity contribution in [3.63, 3.8) is 0 Å². The third-order valence-corrected chi connectivity index (χ3v) is 5.16. The van der Waals surface area contributed by atoms with Crippen molar-refractivity contribution in [2.75, 3.05) is 25.0 Å². The van der Waals surface area contributed by atoms with E-state index in [9.17, 15) is 4.79 Å². The number of fused-ring (bicyclic) bond motifs is 1. The molecule has 2 aromatic carbocycles. The predicted octanol–water partition coefficient (Wildman–Crippen LogP) is 2.86. The third kappa shape index (κ3) is 3.48. The molecule has 1 saturated heterocycles. The minimum absolute atomic E-state index is 0.0107. The maximum atomic E-state index is 12.7. The molecule has 134 valence electrons. The summed E-state index contributed by atoms with van der Waals surface area (Å²) in [6.07, 6.45) is 0.991. The van der Waals surface area contributed by atoms with Crippen LogP contribution in [-0.4, -0.2) is 42.3 Å². The minimum Gasteiger partial charge on any atom is -0.390 e. The smallest absolute Gasteiger partial charge is 0.273 e. The molecule has 2 heterocycles. The van der Waals surface area contributed by atoms with Crippen molar-refractivity contribution in [2.24, 2.45) is 11.1 Å². The molecule has 5 nitrogen and oxygen atoms in total. The Morgan fingerprint density at radius 1 is 1.15 bits per heavy atom. The van der Waals surface area contributed by atoms with Crippen molar-refractivity contribution in [3.05, 3.63) is 65.7 Å². The number of amides is 1. The first kappa shape index (κ1) is 16.8. The van der Waals surface area contributed by atoms with Crippen LogP contribution in [0.3, 0.4) is 0 Å². The van der Waals surface area contributed by atoms with Gasteiger partial charge in [-0.25, -0.2) is 0 Å². The van der Waals surface area contributed by atoms with Gasteiger partial charge in [0.25, 0.3) is 5.91 Å². The van der Waals surface area contributed by atoms with Crippen LogP contribution in [0.4, 0.5) is 5.69 Å². The summed E-state index contributed by atoms with van der Waals surface area (Å²) < 4.78 is 0. The molecule has 0 saturated carbocycles. The molecule has 2 atom stereocenters. The van der Waals surface area contributed by atoms with Crippen LogP contribution in [0.25, 0.3) is 0 Å². The Bertz CT molecular complexity index is 819. The van der Waals surface area contributed by atoms with E-state index in [0.717, 1.165) is 37.3 Å². The molecule has 1 N–H and O–H groups in total. The van der Waals surface area contributed by atoms with E-state index < -0.39 is 0 Å². The van der Waals surface area contributed by atoms with Crippen molar-refractivity contribution >= 4 is 17.3 Å². The number of carbonyl (C=O) groups excluding carboxylic acids is 1. The summed E-state index contributed by atoms with van der Waals surface area (Å²) in [5.41, 5.74) is 3.70. The molecule has 26 heavy (non-hydrogen) atoms. The highest BCUT2D eigenvalue weighted by Gasteiger charge is 2.44. The second-order valence-corrected chi connectivity index (χ2v) is 6.99. The molecule has 1 amide bonds. The number of likely N-dealkylation sites (tertiary alicyclic amines) is 1. The number of carbonyl (C=O) groups is 1. The topological polar surface area (TPSA) is 53.9 Å². The summed E-state index contributed by atoms with van der Waals surface area (Å²) in [5.74, 6) is -0.105. The zero-order valence-electron chi connectivity index (χ0n) is 14.9. The maximum absolute atomic E-state index is 12.7. The van der Waals surface area contributed by atoms with E-state index in [2.05, 4.69) is 39.6 Å². The quantitative estimate of drug-likeness (QED) is 0.903. The first-order chi connectivity index (χ1) is 12.7. The van der Waals surface area contributed by atoms with E-state index in [1.165, 1.54) is 5.56 Å². The van der Waals surface area contributed by atoms with Gasteiger partial charge in [-0.15, -0.1) is 0 Å². The van der Waals surface area contributed by atoms with Gasteiger partial charge < -0.3 is 10.2 Å². The SMILES string of the molecule is Cc1ccccc1NC(=O)C1=NO[C@@H]2CN(CCc3ccccc3)C[C@H]12. The first-order valence-corrected chi connectivity index (χ1v) is 9.07. The van der Waals surface area contributed by atoms with Crippen LogP contribution >= 0.6 is 0 Å². The Morgan fingerprint density at radius 3 is 2.73 bits per heavy atom. The van der Waals surface area contributed by atoms with E-state index >= 15 is 0 Å². The van der Waals surface area contributed by atoms with E-state index in [4.69, 9.17) is 4.84 Å². The van der Waals surface area contributed by atoms with Crippen LogP contribution in [0.2, 0.25) is 0 Å².